The number of carbonyl (C=O) groups is 1. The summed E-state index contributed by atoms with van der Waals surface area (Å²) in [7, 11) is 0. The molecule has 0 saturated heterocycles. The van der Waals surface area contributed by atoms with Gasteiger partial charge in [-0.1, -0.05) is 32.1 Å². The zero-order chi connectivity index (χ0) is 16.2. The second kappa shape index (κ2) is 7.00. The van der Waals surface area contributed by atoms with Crippen molar-refractivity contribution in [3.05, 3.63) is 24.0 Å². The number of aromatic nitrogens is 2. The molecule has 6 heteroatoms. The molecule has 0 unspecified atom stereocenters. The third-order valence-electron chi connectivity index (χ3n) is 4.76. The Morgan fingerprint density at radius 1 is 1.43 bits per heavy atom. The van der Waals surface area contributed by atoms with Crippen LogP contribution >= 0.6 is 0 Å². The summed E-state index contributed by atoms with van der Waals surface area (Å²) in [6, 6.07) is 1.78. The van der Waals surface area contributed by atoms with Crippen LogP contribution in [0.3, 0.4) is 0 Å². The number of nitrogens with zero attached hydrogens (tertiary/aromatic N) is 1. The van der Waals surface area contributed by atoms with E-state index >= 15 is 0 Å². The molecule has 1 atom stereocenters. The monoisotopic (exact) mass is 316 g/mol. The molecule has 0 aromatic carbocycles. The quantitative estimate of drug-likeness (QED) is 0.657. The van der Waals surface area contributed by atoms with Crippen molar-refractivity contribution < 1.29 is 9.90 Å². The van der Waals surface area contributed by atoms with Crippen LogP contribution in [0.2, 0.25) is 0 Å². The molecule has 1 amide bonds. The first-order valence-electron chi connectivity index (χ1n) is 8.32. The van der Waals surface area contributed by atoms with E-state index < -0.39 is 5.91 Å². The van der Waals surface area contributed by atoms with Crippen molar-refractivity contribution in [2.45, 2.75) is 44.6 Å². The highest BCUT2D eigenvalue weighted by molar-refractivity contribution is 6.05. The fourth-order valence-electron chi connectivity index (χ4n) is 3.56. The molecule has 124 valence electrons. The lowest BCUT2D eigenvalue weighted by Crippen LogP contribution is -2.29. The summed E-state index contributed by atoms with van der Waals surface area (Å²) in [6.07, 6.45) is 10.5. The van der Waals surface area contributed by atoms with Gasteiger partial charge in [0.15, 0.2) is 0 Å². The molecule has 5 N–H and O–H groups in total. The molecule has 1 saturated carbocycles. The molecule has 6 nitrogen and oxygen atoms in total. The number of rotatable bonds is 6. The maximum Gasteiger partial charge on any atom is 0.252 e. The topological polar surface area (TPSA) is 104 Å². The van der Waals surface area contributed by atoms with Gasteiger partial charge in [0.05, 0.1) is 17.9 Å². The minimum Gasteiger partial charge on any atom is -0.394 e. The maximum absolute atomic E-state index is 11.7. The average molecular weight is 316 g/mol. The van der Waals surface area contributed by atoms with Crippen molar-refractivity contribution in [1.29, 1.82) is 0 Å². The Labute approximate surface area is 135 Å². The van der Waals surface area contributed by atoms with Crippen LogP contribution < -0.4 is 11.1 Å². The van der Waals surface area contributed by atoms with E-state index in [-0.39, 0.29) is 12.6 Å². The number of nitrogens with one attached hydrogen (secondary N) is 2. The number of hydrogen-bond acceptors (Lipinski definition) is 4. The number of aliphatic hydroxyl groups excluding tert-OH is 1. The van der Waals surface area contributed by atoms with E-state index in [1.807, 2.05) is 6.07 Å². The summed E-state index contributed by atoms with van der Waals surface area (Å²) in [5.41, 5.74) is 7.21. The number of anilines is 1. The van der Waals surface area contributed by atoms with Gasteiger partial charge in [-0.05, 0) is 18.4 Å². The molecule has 1 fully saturated rings. The summed E-state index contributed by atoms with van der Waals surface area (Å²) < 4.78 is 0. The van der Waals surface area contributed by atoms with E-state index in [9.17, 15) is 9.90 Å². The van der Waals surface area contributed by atoms with E-state index in [0.29, 0.717) is 22.8 Å². The minimum absolute atomic E-state index is 0.0307. The number of pyridine rings is 1. The highest BCUT2D eigenvalue weighted by atomic mass is 16.3. The fourth-order valence-corrected chi connectivity index (χ4v) is 3.56. The van der Waals surface area contributed by atoms with Crippen LogP contribution in [-0.2, 0) is 0 Å². The lowest BCUT2D eigenvalue weighted by molar-refractivity contribution is 0.100. The van der Waals surface area contributed by atoms with Crippen LogP contribution in [0.4, 0.5) is 5.69 Å². The standard InChI is InChI=1S/C17H24N4O2/c18-16(23)14-9-20-17-13(6-7-19-17)15(14)21-12(10-22)8-11-4-2-1-3-5-11/h6-7,9,11-12,22H,1-5,8,10H2,(H2,18,23)(H2,19,20,21)/t12-/m0/s1. The number of hydrogen-bond donors (Lipinski definition) is 4. The Morgan fingerprint density at radius 3 is 2.91 bits per heavy atom. The largest absolute Gasteiger partial charge is 0.394 e. The van der Waals surface area contributed by atoms with Crippen LogP contribution in [0, 0.1) is 5.92 Å². The van der Waals surface area contributed by atoms with Gasteiger partial charge in [0.2, 0.25) is 0 Å². The molecule has 0 aliphatic heterocycles. The maximum atomic E-state index is 11.7. The van der Waals surface area contributed by atoms with Gasteiger partial charge in [-0.15, -0.1) is 0 Å². The van der Waals surface area contributed by atoms with Gasteiger partial charge in [-0.3, -0.25) is 4.79 Å². The second-order valence-corrected chi connectivity index (χ2v) is 6.41. The molecule has 2 aromatic heterocycles. The van der Waals surface area contributed by atoms with Gasteiger partial charge in [0.1, 0.15) is 5.65 Å². The summed E-state index contributed by atoms with van der Waals surface area (Å²) in [5, 5.41) is 13.9. The molecule has 3 rings (SSSR count). The molecule has 23 heavy (non-hydrogen) atoms. The van der Waals surface area contributed by atoms with E-state index in [2.05, 4.69) is 15.3 Å². The number of aromatic amines is 1. The number of primary amides is 1. The van der Waals surface area contributed by atoms with Crippen molar-refractivity contribution in [2.75, 3.05) is 11.9 Å². The third kappa shape index (κ3) is 3.47. The number of nitrogens with two attached hydrogens (primary N) is 1. The van der Waals surface area contributed by atoms with Crippen LogP contribution in [0.25, 0.3) is 11.0 Å². The van der Waals surface area contributed by atoms with Crippen molar-refractivity contribution in [3.8, 4) is 0 Å². The summed E-state index contributed by atoms with van der Waals surface area (Å²) in [4.78, 5) is 19.0. The van der Waals surface area contributed by atoms with Crippen LogP contribution in [-0.4, -0.2) is 33.6 Å². The Hall–Kier alpha value is -2.08. The molecule has 0 radical (unpaired) electrons. The lowest BCUT2D eigenvalue weighted by atomic mass is 9.85. The van der Waals surface area contributed by atoms with Crippen LogP contribution in [0.1, 0.15) is 48.9 Å². The Balaban J connectivity index is 1.84. The molecular formula is C17H24N4O2. The van der Waals surface area contributed by atoms with Crippen LogP contribution in [0.5, 0.6) is 0 Å². The fraction of sp³-hybridized carbons (Fsp3) is 0.529. The first kappa shape index (κ1) is 15.8. The molecular weight excluding hydrogens is 292 g/mol. The SMILES string of the molecule is NC(=O)c1cnc2[nH]ccc2c1N[C@H](CO)CC1CCCCC1. The zero-order valence-electron chi connectivity index (χ0n) is 13.2. The van der Waals surface area contributed by atoms with E-state index in [0.717, 1.165) is 11.8 Å². The smallest absolute Gasteiger partial charge is 0.252 e. The molecule has 1 aliphatic carbocycles. The van der Waals surface area contributed by atoms with Gasteiger partial charge in [0.25, 0.3) is 5.91 Å². The van der Waals surface area contributed by atoms with E-state index in [1.54, 1.807) is 6.20 Å². The lowest BCUT2D eigenvalue weighted by Gasteiger charge is -2.27. The first-order chi connectivity index (χ1) is 11.2. The summed E-state index contributed by atoms with van der Waals surface area (Å²) >= 11 is 0. The molecule has 0 spiro atoms. The van der Waals surface area contributed by atoms with Gasteiger partial charge in [-0.25, -0.2) is 4.98 Å². The van der Waals surface area contributed by atoms with Crippen molar-refractivity contribution >= 4 is 22.6 Å². The van der Waals surface area contributed by atoms with E-state index in [4.69, 9.17) is 5.73 Å². The van der Waals surface area contributed by atoms with Crippen LogP contribution in [0.15, 0.2) is 18.5 Å². The Bertz CT molecular complexity index is 676. The Kier molecular flexibility index (Phi) is 4.81. The van der Waals surface area contributed by atoms with Gasteiger partial charge in [0, 0.05) is 23.8 Å². The first-order valence-corrected chi connectivity index (χ1v) is 8.32. The summed E-state index contributed by atoms with van der Waals surface area (Å²) in [5.74, 6) is 0.117. The Morgan fingerprint density at radius 2 is 2.22 bits per heavy atom. The highest BCUT2D eigenvalue weighted by Gasteiger charge is 2.21. The van der Waals surface area contributed by atoms with Crippen molar-refractivity contribution in [1.82, 2.24) is 9.97 Å². The third-order valence-corrected chi connectivity index (χ3v) is 4.76. The van der Waals surface area contributed by atoms with Gasteiger partial charge < -0.3 is 21.1 Å². The van der Waals surface area contributed by atoms with Gasteiger partial charge >= 0.3 is 0 Å². The zero-order valence-corrected chi connectivity index (χ0v) is 13.2. The number of amides is 1. The number of H-pyrrole nitrogens is 1. The van der Waals surface area contributed by atoms with Crippen molar-refractivity contribution in [3.63, 3.8) is 0 Å². The predicted octanol–water partition coefficient (Wildman–Crippen LogP) is 2.41. The van der Waals surface area contributed by atoms with Gasteiger partial charge in [-0.2, -0.15) is 0 Å². The second-order valence-electron chi connectivity index (χ2n) is 6.41. The predicted molar refractivity (Wildman–Crippen MR) is 90.3 cm³/mol. The highest BCUT2D eigenvalue weighted by Crippen LogP contribution is 2.30. The molecule has 0 bridgehead atoms. The molecule has 1 aliphatic rings. The number of aliphatic hydroxyl groups is 1. The van der Waals surface area contributed by atoms with Crippen molar-refractivity contribution in [2.24, 2.45) is 11.7 Å². The molecule has 2 aromatic rings. The average Bonchev–Trinajstić information content (AvgIpc) is 3.04. The number of fused-ring (bicyclic) bond motifs is 1. The van der Waals surface area contributed by atoms with E-state index in [1.165, 1.54) is 38.3 Å². The summed E-state index contributed by atoms with van der Waals surface area (Å²) in [6.45, 7) is 0.0307. The molecule has 2 heterocycles. The minimum atomic E-state index is -0.516. The normalized spacial score (nSPS) is 17.3. The number of carbonyl (C=O) groups excluding carboxylic acids is 1.